The highest BCUT2D eigenvalue weighted by Crippen LogP contribution is 2.28. The first-order valence-corrected chi connectivity index (χ1v) is 6.30. The maximum atomic E-state index is 11.5. The van der Waals surface area contributed by atoms with Gasteiger partial charge in [0, 0.05) is 25.7 Å². The van der Waals surface area contributed by atoms with E-state index in [9.17, 15) is 9.59 Å². The van der Waals surface area contributed by atoms with Crippen LogP contribution in [-0.4, -0.2) is 25.4 Å². The summed E-state index contributed by atoms with van der Waals surface area (Å²) in [5.41, 5.74) is 3.78. The number of hydrogen-bond acceptors (Lipinski definition) is 3. The number of carbonyl (C=O) groups is 2. The highest BCUT2D eigenvalue weighted by molar-refractivity contribution is 6.03. The highest BCUT2D eigenvalue weighted by atomic mass is 16.2. The lowest BCUT2D eigenvalue weighted by Gasteiger charge is -2.13. The molecule has 1 fully saturated rings. The smallest absolute Gasteiger partial charge is 0.230 e. The van der Waals surface area contributed by atoms with Crippen molar-refractivity contribution in [2.45, 2.75) is 19.3 Å². The van der Waals surface area contributed by atoms with E-state index < -0.39 is 0 Å². The van der Waals surface area contributed by atoms with Crippen LogP contribution in [0.2, 0.25) is 0 Å². The summed E-state index contributed by atoms with van der Waals surface area (Å²) in [7, 11) is 2.09. The van der Waals surface area contributed by atoms with Crippen molar-refractivity contribution in [3.05, 3.63) is 29.3 Å². The van der Waals surface area contributed by atoms with Crippen molar-refractivity contribution in [2.24, 2.45) is 5.92 Å². The molecule has 1 saturated heterocycles. The largest absolute Gasteiger partial charge is 0.374 e. The Labute approximate surface area is 106 Å². The van der Waals surface area contributed by atoms with E-state index in [1.165, 1.54) is 11.3 Å². The summed E-state index contributed by atoms with van der Waals surface area (Å²) in [4.78, 5) is 24.9. The summed E-state index contributed by atoms with van der Waals surface area (Å²) in [6, 6.07) is 6.36. The summed E-state index contributed by atoms with van der Waals surface area (Å²) in [6.07, 6.45) is 2.06. The van der Waals surface area contributed by atoms with Gasteiger partial charge in [0.05, 0.1) is 5.92 Å². The van der Waals surface area contributed by atoms with E-state index in [2.05, 4.69) is 35.5 Å². The van der Waals surface area contributed by atoms with Crippen LogP contribution in [0.25, 0.3) is 0 Å². The number of nitrogens with one attached hydrogen (secondary N) is 1. The molecule has 4 heteroatoms. The Bertz CT molecular complexity index is 525. The van der Waals surface area contributed by atoms with Crippen molar-refractivity contribution in [3.8, 4) is 0 Å². The Morgan fingerprint density at radius 2 is 2.22 bits per heavy atom. The standard InChI is InChI=1S/C14H16N2O2/c1-16-5-4-10-6-9(2-3-12(10)16)7-11-8-13(17)15-14(11)18/h2-3,6,11H,4-5,7-8H2,1H3,(H,15,17,18). The third kappa shape index (κ3) is 1.88. The number of rotatable bonds is 2. The third-order valence-electron chi connectivity index (χ3n) is 3.82. The second kappa shape index (κ2) is 4.12. The molecular formula is C14H16N2O2. The van der Waals surface area contributed by atoms with Crippen molar-refractivity contribution in [1.29, 1.82) is 0 Å². The average Bonchev–Trinajstić information content (AvgIpc) is 2.84. The van der Waals surface area contributed by atoms with Gasteiger partial charge in [-0.2, -0.15) is 0 Å². The van der Waals surface area contributed by atoms with Crippen molar-refractivity contribution in [1.82, 2.24) is 5.32 Å². The van der Waals surface area contributed by atoms with Gasteiger partial charge in [-0.15, -0.1) is 0 Å². The van der Waals surface area contributed by atoms with Crippen molar-refractivity contribution in [2.75, 3.05) is 18.5 Å². The SMILES string of the molecule is CN1CCc2cc(CC3CC(=O)NC3=O)ccc21. The van der Waals surface area contributed by atoms with Crippen LogP contribution in [0.1, 0.15) is 17.5 Å². The van der Waals surface area contributed by atoms with Crippen LogP contribution >= 0.6 is 0 Å². The van der Waals surface area contributed by atoms with E-state index in [0.717, 1.165) is 18.5 Å². The van der Waals surface area contributed by atoms with E-state index in [1.54, 1.807) is 0 Å². The lowest BCUT2D eigenvalue weighted by molar-refractivity contribution is -0.125. The van der Waals surface area contributed by atoms with Gasteiger partial charge in [-0.25, -0.2) is 0 Å². The zero-order valence-electron chi connectivity index (χ0n) is 10.4. The molecule has 0 saturated carbocycles. The summed E-state index contributed by atoms with van der Waals surface area (Å²) in [5, 5.41) is 2.36. The van der Waals surface area contributed by atoms with Gasteiger partial charge in [0.15, 0.2) is 0 Å². The molecule has 1 aromatic rings. The minimum Gasteiger partial charge on any atom is -0.374 e. The third-order valence-corrected chi connectivity index (χ3v) is 3.82. The van der Waals surface area contributed by atoms with Crippen LogP contribution in [0, 0.1) is 5.92 Å². The molecule has 94 valence electrons. The molecule has 0 bridgehead atoms. The number of likely N-dealkylation sites (N-methyl/N-ethyl adjacent to an activating group) is 1. The number of imide groups is 1. The van der Waals surface area contributed by atoms with E-state index >= 15 is 0 Å². The van der Waals surface area contributed by atoms with Crippen LogP contribution in [0.15, 0.2) is 18.2 Å². The Kier molecular flexibility index (Phi) is 2.58. The highest BCUT2D eigenvalue weighted by Gasteiger charge is 2.30. The minimum absolute atomic E-state index is 0.127. The fourth-order valence-corrected chi connectivity index (χ4v) is 2.80. The van der Waals surface area contributed by atoms with Crippen LogP contribution in [0.3, 0.4) is 0 Å². The number of anilines is 1. The molecule has 2 aliphatic heterocycles. The summed E-state index contributed by atoms with van der Waals surface area (Å²) in [5.74, 6) is -0.460. The van der Waals surface area contributed by atoms with Gasteiger partial charge in [-0.05, 0) is 30.0 Å². The van der Waals surface area contributed by atoms with Gasteiger partial charge in [-0.1, -0.05) is 12.1 Å². The fourth-order valence-electron chi connectivity index (χ4n) is 2.80. The van der Waals surface area contributed by atoms with Crippen molar-refractivity contribution >= 4 is 17.5 Å². The second-order valence-electron chi connectivity index (χ2n) is 5.15. The van der Waals surface area contributed by atoms with Crippen LogP contribution in [0.5, 0.6) is 0 Å². The maximum absolute atomic E-state index is 11.5. The van der Waals surface area contributed by atoms with Gasteiger partial charge in [0.1, 0.15) is 0 Å². The summed E-state index contributed by atoms with van der Waals surface area (Å²) >= 11 is 0. The first-order chi connectivity index (χ1) is 8.63. The normalized spacial score (nSPS) is 22.3. The number of amides is 2. The van der Waals surface area contributed by atoms with Gasteiger partial charge in [-0.3, -0.25) is 14.9 Å². The molecule has 2 heterocycles. The maximum Gasteiger partial charge on any atom is 0.230 e. The Balaban J connectivity index is 1.78. The Morgan fingerprint density at radius 1 is 1.39 bits per heavy atom. The van der Waals surface area contributed by atoms with Gasteiger partial charge in [0.2, 0.25) is 11.8 Å². The first-order valence-electron chi connectivity index (χ1n) is 6.30. The number of nitrogens with zero attached hydrogens (tertiary/aromatic N) is 1. The molecule has 3 rings (SSSR count). The summed E-state index contributed by atoms with van der Waals surface area (Å²) < 4.78 is 0. The molecule has 1 aromatic carbocycles. The van der Waals surface area contributed by atoms with E-state index in [0.29, 0.717) is 12.8 Å². The molecular weight excluding hydrogens is 228 g/mol. The molecule has 4 nitrogen and oxygen atoms in total. The van der Waals surface area contributed by atoms with Crippen LogP contribution in [-0.2, 0) is 22.4 Å². The Hall–Kier alpha value is -1.84. The Morgan fingerprint density at radius 3 is 2.94 bits per heavy atom. The molecule has 1 unspecified atom stereocenters. The molecule has 2 aliphatic rings. The lowest BCUT2D eigenvalue weighted by atomic mass is 9.96. The van der Waals surface area contributed by atoms with E-state index in [1.807, 2.05) is 0 Å². The molecule has 0 spiro atoms. The van der Waals surface area contributed by atoms with Crippen LogP contribution < -0.4 is 10.2 Å². The summed E-state index contributed by atoms with van der Waals surface area (Å²) in [6.45, 7) is 1.06. The van der Waals surface area contributed by atoms with Gasteiger partial charge >= 0.3 is 0 Å². The average molecular weight is 244 g/mol. The van der Waals surface area contributed by atoms with E-state index in [4.69, 9.17) is 0 Å². The van der Waals surface area contributed by atoms with Crippen molar-refractivity contribution in [3.63, 3.8) is 0 Å². The number of carbonyl (C=O) groups excluding carboxylic acids is 2. The predicted molar refractivity (Wildman–Crippen MR) is 68.4 cm³/mol. The molecule has 0 aliphatic carbocycles. The van der Waals surface area contributed by atoms with Gasteiger partial charge < -0.3 is 4.90 Å². The minimum atomic E-state index is -0.185. The molecule has 1 atom stereocenters. The molecule has 0 radical (unpaired) electrons. The van der Waals surface area contributed by atoms with Gasteiger partial charge in [0.25, 0.3) is 0 Å². The first kappa shape index (κ1) is 11.3. The molecule has 18 heavy (non-hydrogen) atoms. The number of hydrogen-bond donors (Lipinski definition) is 1. The second-order valence-corrected chi connectivity index (χ2v) is 5.15. The topological polar surface area (TPSA) is 49.4 Å². The monoisotopic (exact) mass is 244 g/mol. The molecule has 1 N–H and O–H groups in total. The zero-order valence-corrected chi connectivity index (χ0v) is 10.4. The number of benzene rings is 1. The fraction of sp³-hybridized carbons (Fsp3) is 0.429. The molecule has 2 amide bonds. The lowest BCUT2D eigenvalue weighted by Crippen LogP contribution is -2.22. The van der Waals surface area contributed by atoms with Crippen molar-refractivity contribution < 1.29 is 9.59 Å². The van der Waals surface area contributed by atoms with E-state index in [-0.39, 0.29) is 17.7 Å². The zero-order chi connectivity index (χ0) is 12.7. The quantitative estimate of drug-likeness (QED) is 0.786. The van der Waals surface area contributed by atoms with Crippen LogP contribution in [0.4, 0.5) is 5.69 Å². The predicted octanol–water partition coefficient (Wildman–Crippen LogP) is 0.884. The molecule has 0 aromatic heterocycles. The number of fused-ring (bicyclic) bond motifs is 1.